The number of rotatable bonds is 4. The van der Waals surface area contributed by atoms with E-state index in [1.54, 1.807) is 7.05 Å². The van der Waals surface area contributed by atoms with Crippen molar-refractivity contribution in [2.45, 2.75) is 19.9 Å². The van der Waals surface area contributed by atoms with Crippen molar-refractivity contribution in [2.75, 3.05) is 13.6 Å². The Morgan fingerprint density at radius 2 is 2.05 bits per heavy atom. The van der Waals surface area contributed by atoms with Crippen molar-refractivity contribution in [3.63, 3.8) is 0 Å². The number of aromatic nitrogens is 2. The quantitative estimate of drug-likeness (QED) is 0.937. The zero-order chi connectivity index (χ0) is 15.7. The zero-order valence-corrected chi connectivity index (χ0v) is 13.7. The first-order chi connectivity index (χ1) is 9.86. The van der Waals surface area contributed by atoms with E-state index < -0.39 is 0 Å². The molecule has 0 saturated carbocycles. The van der Waals surface area contributed by atoms with Gasteiger partial charge in [-0.05, 0) is 26.1 Å². The maximum Gasteiger partial charge on any atom is 0.262 e. The van der Waals surface area contributed by atoms with E-state index in [1.807, 2.05) is 7.05 Å². The smallest absolute Gasteiger partial charge is 0.262 e. The summed E-state index contributed by atoms with van der Waals surface area (Å²) in [5.41, 5.74) is -0.146. The normalized spacial score (nSPS) is 11.5. The number of halogens is 2. The Bertz CT molecular complexity index is 743. The van der Waals surface area contributed by atoms with Crippen molar-refractivity contribution in [3.8, 4) is 5.75 Å². The Morgan fingerprint density at radius 1 is 1.38 bits per heavy atom. The molecule has 0 bridgehead atoms. The van der Waals surface area contributed by atoms with Crippen LogP contribution >= 0.6 is 23.2 Å². The molecular formula is C14H17Cl2N3O2. The highest BCUT2D eigenvalue weighted by atomic mass is 35.5. The molecule has 1 heterocycles. The van der Waals surface area contributed by atoms with E-state index in [1.165, 1.54) is 10.6 Å². The minimum absolute atomic E-state index is 0.0844. The first kappa shape index (κ1) is 16.1. The lowest BCUT2D eigenvalue weighted by atomic mass is 10.2. The van der Waals surface area contributed by atoms with E-state index >= 15 is 0 Å². The summed E-state index contributed by atoms with van der Waals surface area (Å²) in [6.07, 6.45) is 1.00. The summed E-state index contributed by atoms with van der Waals surface area (Å²) in [6.45, 7) is 3.46. The third-order valence-electron chi connectivity index (χ3n) is 3.34. The molecule has 1 N–H and O–H groups in total. The van der Waals surface area contributed by atoms with Gasteiger partial charge in [0, 0.05) is 7.05 Å². The largest absolute Gasteiger partial charge is 0.504 e. The molecule has 0 spiro atoms. The van der Waals surface area contributed by atoms with Crippen molar-refractivity contribution in [3.05, 3.63) is 32.3 Å². The van der Waals surface area contributed by atoms with Crippen LogP contribution in [0.1, 0.15) is 19.2 Å². The molecule has 0 fully saturated rings. The van der Waals surface area contributed by atoms with Crippen LogP contribution in [0.25, 0.3) is 10.9 Å². The maximum absolute atomic E-state index is 12.4. The molecule has 5 nitrogen and oxygen atoms in total. The molecule has 1 aromatic carbocycles. The Kier molecular flexibility index (Phi) is 4.76. The molecule has 0 aliphatic carbocycles. The Hall–Kier alpha value is -1.30. The van der Waals surface area contributed by atoms with Crippen molar-refractivity contribution in [1.29, 1.82) is 0 Å². The lowest BCUT2D eigenvalue weighted by Crippen LogP contribution is -2.28. The minimum Gasteiger partial charge on any atom is -0.504 e. The van der Waals surface area contributed by atoms with Gasteiger partial charge in [0.2, 0.25) is 0 Å². The molecule has 2 rings (SSSR count). The fourth-order valence-corrected chi connectivity index (χ4v) is 2.78. The van der Waals surface area contributed by atoms with E-state index in [4.69, 9.17) is 23.2 Å². The van der Waals surface area contributed by atoms with Crippen molar-refractivity contribution >= 4 is 34.1 Å². The van der Waals surface area contributed by atoms with Crippen molar-refractivity contribution in [1.82, 2.24) is 14.5 Å². The van der Waals surface area contributed by atoms with Gasteiger partial charge in [-0.25, -0.2) is 4.98 Å². The molecule has 0 aliphatic rings. The van der Waals surface area contributed by atoms with Gasteiger partial charge in [-0.3, -0.25) is 14.3 Å². The third kappa shape index (κ3) is 3.00. The summed E-state index contributed by atoms with van der Waals surface area (Å²) < 4.78 is 1.45. The Labute approximate surface area is 132 Å². The third-order valence-corrected chi connectivity index (χ3v) is 3.93. The monoisotopic (exact) mass is 329 g/mol. The van der Waals surface area contributed by atoms with Crippen LogP contribution in [0, 0.1) is 0 Å². The molecule has 21 heavy (non-hydrogen) atoms. The van der Waals surface area contributed by atoms with Gasteiger partial charge < -0.3 is 5.11 Å². The Balaban J connectivity index is 2.67. The molecular weight excluding hydrogens is 313 g/mol. The number of nitrogens with zero attached hydrogens (tertiary/aromatic N) is 3. The molecule has 114 valence electrons. The highest BCUT2D eigenvalue weighted by Crippen LogP contribution is 2.34. The molecule has 0 atom stereocenters. The van der Waals surface area contributed by atoms with Crippen molar-refractivity contribution in [2.24, 2.45) is 7.05 Å². The summed E-state index contributed by atoms with van der Waals surface area (Å²) >= 11 is 12.0. The molecule has 7 heteroatoms. The maximum atomic E-state index is 12.4. The topological polar surface area (TPSA) is 58.4 Å². The van der Waals surface area contributed by atoms with E-state index in [2.05, 4.69) is 16.8 Å². The van der Waals surface area contributed by atoms with Crippen LogP contribution in [0.4, 0.5) is 0 Å². The summed E-state index contributed by atoms with van der Waals surface area (Å²) in [5, 5.41) is 10.5. The van der Waals surface area contributed by atoms with E-state index in [0.717, 1.165) is 13.0 Å². The molecule has 0 amide bonds. The number of aromatic hydroxyl groups is 1. The van der Waals surface area contributed by atoms with Gasteiger partial charge >= 0.3 is 0 Å². The highest BCUT2D eigenvalue weighted by Gasteiger charge is 2.17. The standard InChI is InChI=1S/C14H17Cl2N3O2/c1-4-5-18(2)7-10-17-12-11(14(21)19(10)3)8(15)6-9(16)13(12)20/h6,20H,4-5,7H2,1-3H3. The van der Waals surface area contributed by atoms with Crippen molar-refractivity contribution < 1.29 is 5.11 Å². The van der Waals surface area contributed by atoms with Gasteiger partial charge in [0.1, 0.15) is 11.3 Å². The van der Waals surface area contributed by atoms with E-state index in [0.29, 0.717) is 12.4 Å². The van der Waals surface area contributed by atoms with Gasteiger partial charge in [0.25, 0.3) is 5.56 Å². The average molecular weight is 330 g/mol. The zero-order valence-electron chi connectivity index (χ0n) is 12.2. The lowest BCUT2D eigenvalue weighted by molar-refractivity contribution is 0.313. The average Bonchev–Trinajstić information content (AvgIpc) is 2.41. The van der Waals surface area contributed by atoms with Gasteiger partial charge in [-0.15, -0.1) is 0 Å². The highest BCUT2D eigenvalue weighted by molar-refractivity contribution is 6.39. The van der Waals surface area contributed by atoms with Crippen LogP contribution in [-0.2, 0) is 13.6 Å². The molecule has 0 saturated heterocycles. The number of phenols is 1. The summed E-state index contributed by atoms with van der Waals surface area (Å²) in [4.78, 5) is 18.9. The number of hydrogen-bond acceptors (Lipinski definition) is 4. The second-order valence-electron chi connectivity index (χ2n) is 5.04. The second-order valence-corrected chi connectivity index (χ2v) is 5.86. The van der Waals surface area contributed by atoms with Crippen LogP contribution in [0.15, 0.2) is 10.9 Å². The number of hydrogen-bond donors (Lipinski definition) is 1. The molecule has 0 unspecified atom stereocenters. The van der Waals surface area contributed by atoms with Crippen LogP contribution in [-0.4, -0.2) is 33.1 Å². The summed E-state index contributed by atoms with van der Waals surface area (Å²) in [7, 11) is 3.59. The van der Waals surface area contributed by atoms with E-state index in [9.17, 15) is 9.90 Å². The number of phenolic OH excluding ortho intramolecular Hbond substituents is 1. The van der Waals surface area contributed by atoms with Crippen LogP contribution in [0.3, 0.4) is 0 Å². The van der Waals surface area contributed by atoms with Gasteiger partial charge in [0.15, 0.2) is 5.75 Å². The SMILES string of the molecule is CCCN(C)Cc1nc2c(O)c(Cl)cc(Cl)c2c(=O)n1C. The molecule has 1 aromatic heterocycles. The first-order valence-corrected chi connectivity index (χ1v) is 7.37. The van der Waals surface area contributed by atoms with Crippen LogP contribution in [0.2, 0.25) is 10.0 Å². The van der Waals surface area contributed by atoms with Crippen LogP contribution < -0.4 is 5.56 Å². The van der Waals surface area contributed by atoms with Gasteiger partial charge in [-0.1, -0.05) is 30.1 Å². The van der Waals surface area contributed by atoms with Crippen LogP contribution in [0.5, 0.6) is 5.75 Å². The minimum atomic E-state index is -0.295. The summed E-state index contributed by atoms with van der Waals surface area (Å²) in [5.74, 6) is 0.338. The van der Waals surface area contributed by atoms with E-state index in [-0.39, 0.29) is 32.3 Å². The van der Waals surface area contributed by atoms with Gasteiger partial charge in [0.05, 0.1) is 22.0 Å². The predicted octanol–water partition coefficient (Wildman–Crippen LogP) is 2.79. The fourth-order valence-electron chi connectivity index (χ4n) is 2.24. The molecule has 2 aromatic rings. The molecule has 0 aliphatic heterocycles. The predicted molar refractivity (Wildman–Crippen MR) is 85.3 cm³/mol. The fraction of sp³-hybridized carbons (Fsp3) is 0.429. The second kappa shape index (κ2) is 6.22. The summed E-state index contributed by atoms with van der Waals surface area (Å²) in [6, 6.07) is 1.35. The first-order valence-electron chi connectivity index (χ1n) is 6.62. The number of fused-ring (bicyclic) bond motifs is 1. The molecule has 0 radical (unpaired) electrons. The van der Waals surface area contributed by atoms with Gasteiger partial charge in [-0.2, -0.15) is 0 Å². The number of benzene rings is 1. The lowest BCUT2D eigenvalue weighted by Gasteiger charge is -2.17. The Morgan fingerprint density at radius 3 is 2.67 bits per heavy atom.